The van der Waals surface area contributed by atoms with Crippen molar-refractivity contribution >= 4 is 23.8 Å². The third-order valence-electron chi connectivity index (χ3n) is 4.52. The molecule has 7 N–H and O–H groups in total. The summed E-state index contributed by atoms with van der Waals surface area (Å²) in [4.78, 5) is 47.3. The number of carbonyl (C=O) groups excluding carboxylic acids is 2. The fourth-order valence-corrected chi connectivity index (χ4v) is 2.58. The maximum atomic E-state index is 12.4. The highest BCUT2D eigenvalue weighted by molar-refractivity contribution is 5.94. The van der Waals surface area contributed by atoms with Gasteiger partial charge in [0, 0.05) is 0 Å². The lowest BCUT2D eigenvalue weighted by molar-refractivity contribution is -0.144. The second kappa shape index (κ2) is 11.0. The molecule has 10 nitrogen and oxygen atoms in total. The largest absolute Gasteiger partial charge is 0.508 e. The molecule has 2 amide bonds. The average Bonchev–Trinajstić information content (AvgIpc) is 2.65. The molecule has 0 bridgehead atoms. The first kappa shape index (κ1) is 23.9. The second-order valence-electron chi connectivity index (χ2n) is 6.85. The first-order valence-corrected chi connectivity index (χ1v) is 9.14. The molecule has 0 aromatic heterocycles. The van der Waals surface area contributed by atoms with Gasteiger partial charge in [-0.3, -0.25) is 14.4 Å². The molecule has 1 aromatic rings. The summed E-state index contributed by atoms with van der Waals surface area (Å²) >= 11 is 0. The first-order valence-electron chi connectivity index (χ1n) is 9.14. The number of hydrogen-bond donors (Lipinski definition) is 6. The number of aliphatic carboxylic acids is 2. The highest BCUT2D eigenvalue weighted by atomic mass is 16.4. The van der Waals surface area contributed by atoms with Gasteiger partial charge in [-0.2, -0.15) is 0 Å². The minimum Gasteiger partial charge on any atom is -0.508 e. The van der Waals surface area contributed by atoms with Crippen molar-refractivity contribution in [1.29, 1.82) is 0 Å². The molecule has 4 atom stereocenters. The highest BCUT2D eigenvalue weighted by Crippen LogP contribution is 2.11. The first-order chi connectivity index (χ1) is 13.5. The molecule has 0 saturated carbocycles. The third kappa shape index (κ3) is 7.78. The topological polar surface area (TPSA) is 179 Å². The van der Waals surface area contributed by atoms with Crippen LogP contribution in [0.5, 0.6) is 5.75 Å². The lowest BCUT2D eigenvalue weighted by Gasteiger charge is -2.24. The lowest BCUT2D eigenvalue weighted by Crippen LogP contribution is -2.56. The molecule has 1 aromatic carbocycles. The maximum Gasteiger partial charge on any atom is 0.326 e. The Hall–Kier alpha value is -3.14. The highest BCUT2D eigenvalue weighted by Gasteiger charge is 2.31. The van der Waals surface area contributed by atoms with Gasteiger partial charge in [0.05, 0.1) is 12.5 Å². The Morgan fingerprint density at radius 1 is 1.03 bits per heavy atom. The van der Waals surface area contributed by atoms with Crippen LogP contribution < -0.4 is 16.4 Å². The van der Waals surface area contributed by atoms with Crippen molar-refractivity contribution < 1.29 is 34.5 Å². The molecule has 160 valence electrons. The van der Waals surface area contributed by atoms with E-state index in [1.807, 2.05) is 0 Å². The molecule has 1 rings (SSSR count). The van der Waals surface area contributed by atoms with Crippen molar-refractivity contribution in [2.45, 2.75) is 51.2 Å². The van der Waals surface area contributed by atoms with Crippen molar-refractivity contribution in [3.63, 3.8) is 0 Å². The quantitative estimate of drug-likeness (QED) is 0.292. The summed E-state index contributed by atoms with van der Waals surface area (Å²) in [5.41, 5.74) is 6.50. The van der Waals surface area contributed by atoms with Crippen LogP contribution >= 0.6 is 0 Å². The molecule has 0 aliphatic carbocycles. The smallest absolute Gasteiger partial charge is 0.326 e. The van der Waals surface area contributed by atoms with E-state index in [4.69, 9.17) is 10.8 Å². The number of phenolic OH excluding ortho intramolecular Hbond substituents is 1. The number of aromatic hydroxyl groups is 1. The van der Waals surface area contributed by atoms with Crippen LogP contribution in [0.2, 0.25) is 0 Å². The monoisotopic (exact) mass is 409 g/mol. The molecule has 10 heteroatoms. The van der Waals surface area contributed by atoms with Gasteiger partial charge in [-0.15, -0.1) is 0 Å². The molecule has 0 heterocycles. The predicted octanol–water partition coefficient (Wildman–Crippen LogP) is -0.163. The number of benzene rings is 1. The van der Waals surface area contributed by atoms with Crippen molar-refractivity contribution in [3.05, 3.63) is 29.8 Å². The third-order valence-corrected chi connectivity index (χ3v) is 4.52. The summed E-state index contributed by atoms with van der Waals surface area (Å²) in [6, 6.07) is 2.25. The number of carbonyl (C=O) groups is 4. The molecule has 0 spiro atoms. The number of rotatable bonds is 11. The Morgan fingerprint density at radius 3 is 2.10 bits per heavy atom. The molecule has 0 radical (unpaired) electrons. The van der Waals surface area contributed by atoms with Gasteiger partial charge in [0.1, 0.15) is 17.8 Å². The van der Waals surface area contributed by atoms with Crippen LogP contribution in [0.3, 0.4) is 0 Å². The number of nitrogens with two attached hydrogens (primary N) is 1. The number of phenols is 1. The van der Waals surface area contributed by atoms with Gasteiger partial charge in [-0.05, 0) is 30.0 Å². The molecule has 0 fully saturated rings. The number of nitrogens with one attached hydrogen (secondary N) is 2. The van der Waals surface area contributed by atoms with Crippen LogP contribution in [0.1, 0.15) is 32.3 Å². The Labute approximate surface area is 168 Å². The number of carboxylic acid groups (broad SMARTS) is 2. The minimum absolute atomic E-state index is 0.0549. The van der Waals surface area contributed by atoms with Crippen LogP contribution in [-0.4, -0.2) is 57.2 Å². The zero-order valence-electron chi connectivity index (χ0n) is 16.3. The average molecular weight is 409 g/mol. The Bertz CT molecular complexity index is 736. The number of amides is 2. The minimum atomic E-state index is -1.48. The molecule has 0 aliphatic rings. The fraction of sp³-hybridized carbons (Fsp3) is 0.474. The van der Waals surface area contributed by atoms with E-state index in [0.717, 1.165) is 0 Å². The van der Waals surface area contributed by atoms with Gasteiger partial charge in [0.2, 0.25) is 11.8 Å². The van der Waals surface area contributed by atoms with E-state index in [9.17, 15) is 29.4 Å². The molecule has 4 unspecified atom stereocenters. The van der Waals surface area contributed by atoms with Crippen LogP contribution in [0.25, 0.3) is 0 Å². The van der Waals surface area contributed by atoms with Crippen LogP contribution in [0, 0.1) is 5.92 Å². The van der Waals surface area contributed by atoms with E-state index in [-0.39, 0.29) is 12.2 Å². The van der Waals surface area contributed by atoms with Crippen molar-refractivity contribution in [1.82, 2.24) is 10.6 Å². The zero-order chi connectivity index (χ0) is 22.1. The fourth-order valence-electron chi connectivity index (χ4n) is 2.58. The Balaban J connectivity index is 2.84. The van der Waals surface area contributed by atoms with E-state index >= 15 is 0 Å². The predicted molar refractivity (Wildman–Crippen MR) is 103 cm³/mol. The zero-order valence-corrected chi connectivity index (χ0v) is 16.3. The van der Waals surface area contributed by atoms with Gasteiger partial charge in [-0.25, -0.2) is 4.79 Å². The molecule has 29 heavy (non-hydrogen) atoms. The Morgan fingerprint density at radius 2 is 1.62 bits per heavy atom. The summed E-state index contributed by atoms with van der Waals surface area (Å²) < 4.78 is 0. The van der Waals surface area contributed by atoms with E-state index in [1.165, 1.54) is 12.1 Å². The summed E-state index contributed by atoms with van der Waals surface area (Å²) in [6.07, 6.45) is -0.154. The summed E-state index contributed by atoms with van der Waals surface area (Å²) in [5, 5.41) is 32.2. The van der Waals surface area contributed by atoms with Crippen molar-refractivity contribution in [3.8, 4) is 5.75 Å². The van der Waals surface area contributed by atoms with Gasteiger partial charge in [0.15, 0.2) is 0 Å². The summed E-state index contributed by atoms with van der Waals surface area (Å²) in [5.74, 6) is -4.60. The maximum absolute atomic E-state index is 12.4. The van der Waals surface area contributed by atoms with E-state index < -0.39 is 54.2 Å². The van der Waals surface area contributed by atoms with Gasteiger partial charge >= 0.3 is 11.9 Å². The molecular weight excluding hydrogens is 382 g/mol. The molecular formula is C19H27N3O7. The standard InChI is InChI=1S/C19H27N3O7/c1-3-10(2)16(19(28)29)22-18(27)14(9-15(24)25)21-17(26)13(20)8-11-4-6-12(23)7-5-11/h4-7,10,13-14,16,23H,3,8-9,20H2,1-2H3,(H,21,26)(H,22,27)(H,24,25)(H,28,29). The summed E-state index contributed by atoms with van der Waals surface area (Å²) in [6.45, 7) is 3.39. The second-order valence-corrected chi connectivity index (χ2v) is 6.85. The van der Waals surface area contributed by atoms with Crippen LogP contribution in [-0.2, 0) is 25.6 Å². The van der Waals surface area contributed by atoms with Gasteiger partial charge in [-0.1, -0.05) is 32.4 Å². The van der Waals surface area contributed by atoms with E-state index in [0.29, 0.717) is 12.0 Å². The van der Waals surface area contributed by atoms with Gasteiger partial charge in [0.25, 0.3) is 0 Å². The summed E-state index contributed by atoms with van der Waals surface area (Å²) in [7, 11) is 0. The molecule has 0 saturated heterocycles. The van der Waals surface area contributed by atoms with Crippen LogP contribution in [0.4, 0.5) is 0 Å². The van der Waals surface area contributed by atoms with Crippen molar-refractivity contribution in [2.24, 2.45) is 11.7 Å². The SMILES string of the molecule is CCC(C)C(NC(=O)C(CC(=O)O)NC(=O)C(N)Cc1ccc(O)cc1)C(=O)O. The van der Waals surface area contributed by atoms with Gasteiger partial charge < -0.3 is 31.7 Å². The molecule has 0 aliphatic heterocycles. The van der Waals surface area contributed by atoms with Crippen molar-refractivity contribution in [2.75, 3.05) is 0 Å². The van der Waals surface area contributed by atoms with Crippen LogP contribution in [0.15, 0.2) is 24.3 Å². The van der Waals surface area contributed by atoms with E-state index in [1.54, 1.807) is 26.0 Å². The lowest BCUT2D eigenvalue weighted by atomic mass is 9.98. The number of carboxylic acids is 2. The Kier molecular flexibility index (Phi) is 9.07. The van der Waals surface area contributed by atoms with E-state index in [2.05, 4.69) is 10.6 Å². The number of hydrogen-bond acceptors (Lipinski definition) is 6. The normalized spacial score (nSPS) is 14.9.